The van der Waals surface area contributed by atoms with Crippen LogP contribution in [-0.2, 0) is 29.5 Å². The summed E-state index contributed by atoms with van der Waals surface area (Å²) in [4.78, 5) is 61.6. The molecule has 0 bridgehead atoms. The first-order valence-corrected chi connectivity index (χ1v) is 21.2. The van der Waals surface area contributed by atoms with Gasteiger partial charge in [0.2, 0.25) is 5.91 Å². The molecule has 5 fully saturated rings. The molecule has 0 radical (unpaired) electrons. The van der Waals surface area contributed by atoms with Crippen LogP contribution >= 0.6 is 11.6 Å². The van der Waals surface area contributed by atoms with Crippen molar-refractivity contribution in [1.82, 2.24) is 15.3 Å². The van der Waals surface area contributed by atoms with Gasteiger partial charge in [-0.3, -0.25) is 19.2 Å². The second kappa shape index (κ2) is 13.5. The number of ether oxygens (including phenoxy) is 1. The number of allylic oxidation sites excluding steroid dienone is 3. The highest BCUT2D eigenvalue weighted by Gasteiger charge is 2.66. The van der Waals surface area contributed by atoms with Crippen molar-refractivity contribution < 1.29 is 29.0 Å². The predicted octanol–water partition coefficient (Wildman–Crippen LogP) is 9.18. The van der Waals surface area contributed by atoms with Gasteiger partial charge in [-0.25, -0.2) is 9.97 Å². The highest BCUT2D eigenvalue weighted by Crippen LogP contribution is 2.73. The fourth-order valence-electron chi connectivity index (χ4n) is 13.2. The number of nitrogens with zero attached hydrogens (tertiary/aromatic N) is 2. The van der Waals surface area contributed by atoms with E-state index < -0.39 is 28.3 Å². The van der Waals surface area contributed by atoms with Gasteiger partial charge in [0.1, 0.15) is 11.6 Å². The SMILES string of the molecule is C/C(=C\C12CCC3C(CCC4C3(C)CCC3C(C)(C)C(OC(=O)CC(C)(C)C(=O)O)CCC34C)C1=C(C(C)C)C(=O)C2)C(=O)NC1(c2ncc(Cl)cn2)CC1. The topological polar surface area (TPSA) is 136 Å². The summed E-state index contributed by atoms with van der Waals surface area (Å²) in [6.45, 7) is 18.9. The Kier molecular flexibility index (Phi) is 9.86. The highest BCUT2D eigenvalue weighted by atomic mass is 35.5. The summed E-state index contributed by atoms with van der Waals surface area (Å²) in [5.74, 6) is 1.00. The molecule has 8 unspecified atom stereocenters. The van der Waals surface area contributed by atoms with E-state index in [-0.39, 0.29) is 46.4 Å². The first kappa shape index (κ1) is 40.1. The molecule has 0 saturated heterocycles. The lowest BCUT2D eigenvalue weighted by Crippen LogP contribution is -2.63. The van der Waals surface area contributed by atoms with Crippen molar-refractivity contribution >= 4 is 35.2 Å². The Morgan fingerprint density at radius 1 is 0.964 bits per heavy atom. The summed E-state index contributed by atoms with van der Waals surface area (Å²) < 4.78 is 6.16. The molecule has 2 N–H and O–H groups in total. The molecular weight excluding hydrogens is 714 g/mol. The second-order valence-electron chi connectivity index (χ2n) is 20.5. The van der Waals surface area contributed by atoms with Crippen LogP contribution in [-0.4, -0.2) is 44.8 Å². The van der Waals surface area contributed by atoms with E-state index in [1.165, 1.54) is 5.57 Å². The van der Waals surface area contributed by atoms with E-state index in [2.05, 4.69) is 62.9 Å². The minimum absolute atomic E-state index is 0.0706. The normalized spacial score (nSPS) is 36.3. The molecule has 6 aliphatic rings. The van der Waals surface area contributed by atoms with E-state index in [9.17, 15) is 24.3 Å². The number of hydrogen-bond acceptors (Lipinski definition) is 7. The lowest BCUT2D eigenvalue weighted by Gasteiger charge is -2.68. The minimum Gasteiger partial charge on any atom is -0.481 e. The molecule has 0 spiro atoms. The van der Waals surface area contributed by atoms with Crippen LogP contribution in [0.1, 0.15) is 145 Å². The maximum absolute atomic E-state index is 14.1. The molecule has 1 heterocycles. The van der Waals surface area contributed by atoms with Gasteiger partial charge < -0.3 is 15.2 Å². The highest BCUT2D eigenvalue weighted by molar-refractivity contribution is 6.30. The average molecular weight is 776 g/mol. The molecule has 1 amide bonds. The van der Waals surface area contributed by atoms with Crippen LogP contribution in [0.3, 0.4) is 0 Å². The van der Waals surface area contributed by atoms with Crippen LogP contribution in [0.5, 0.6) is 0 Å². The Morgan fingerprint density at radius 3 is 2.24 bits per heavy atom. The van der Waals surface area contributed by atoms with Gasteiger partial charge in [-0.05, 0) is 137 Å². The lowest BCUT2D eigenvalue weighted by molar-refractivity contribution is -0.213. The third-order valence-electron chi connectivity index (χ3n) is 16.0. The number of fused-ring (bicyclic) bond motifs is 7. The maximum atomic E-state index is 14.1. The molecule has 7 rings (SSSR count). The number of esters is 1. The molecule has 10 heteroatoms. The first-order chi connectivity index (χ1) is 25.6. The van der Waals surface area contributed by atoms with Gasteiger partial charge in [0, 0.05) is 35.2 Å². The fourth-order valence-corrected chi connectivity index (χ4v) is 13.3. The lowest BCUT2D eigenvalue weighted by atomic mass is 9.36. The zero-order chi connectivity index (χ0) is 40.1. The number of aliphatic carboxylic acids is 1. The van der Waals surface area contributed by atoms with Crippen molar-refractivity contribution in [3.63, 3.8) is 0 Å². The number of carboxylic acids is 1. The number of carboxylic acid groups (broad SMARTS) is 1. The number of carbonyl (C=O) groups excluding carboxylic acids is 3. The molecule has 5 saturated carbocycles. The first-order valence-electron chi connectivity index (χ1n) is 20.8. The summed E-state index contributed by atoms with van der Waals surface area (Å²) in [5, 5.41) is 13.3. The number of hydrogen-bond donors (Lipinski definition) is 2. The standard InChI is InChI=1S/C45H62ClN3O6/c1-25(2)35-30(50)21-44(20-26(3)37(52)49-45(18-19-45)38-47-23-27(46)24-48-38)17-12-29-28(36(35)44)10-11-32-42(29,8)15-13-31-41(6,7)33(14-16-43(31,32)9)55-34(51)22-40(4,5)39(53)54/h20,23-25,28-29,31-33H,10-19,21-22H2,1-9H3,(H,49,52)(H,53,54)/b26-20+. The van der Waals surface area contributed by atoms with Crippen molar-refractivity contribution in [2.45, 2.75) is 151 Å². The van der Waals surface area contributed by atoms with Crippen LogP contribution in [0.25, 0.3) is 0 Å². The number of rotatable bonds is 9. The fraction of sp³-hybridized carbons (Fsp3) is 0.733. The van der Waals surface area contributed by atoms with Crippen molar-refractivity contribution in [2.75, 3.05) is 0 Å². The van der Waals surface area contributed by atoms with E-state index in [1.807, 2.05) is 6.92 Å². The zero-order valence-corrected chi connectivity index (χ0v) is 35.2. The van der Waals surface area contributed by atoms with Crippen LogP contribution in [0.4, 0.5) is 0 Å². The van der Waals surface area contributed by atoms with E-state index in [1.54, 1.807) is 26.2 Å². The van der Waals surface area contributed by atoms with E-state index in [0.29, 0.717) is 46.5 Å². The smallest absolute Gasteiger partial charge is 0.309 e. The van der Waals surface area contributed by atoms with Crippen molar-refractivity contribution in [3.05, 3.63) is 46.0 Å². The molecule has 9 nitrogen and oxygen atoms in total. The summed E-state index contributed by atoms with van der Waals surface area (Å²) in [6, 6.07) is 0. The summed E-state index contributed by atoms with van der Waals surface area (Å²) in [6.07, 6.45) is 14.8. The summed E-state index contributed by atoms with van der Waals surface area (Å²) in [7, 11) is 0. The van der Waals surface area contributed by atoms with Gasteiger partial charge in [-0.1, -0.05) is 59.2 Å². The third-order valence-corrected chi connectivity index (χ3v) is 16.2. The predicted molar refractivity (Wildman–Crippen MR) is 211 cm³/mol. The molecular formula is C45H62ClN3O6. The summed E-state index contributed by atoms with van der Waals surface area (Å²) >= 11 is 6.05. The van der Waals surface area contributed by atoms with Gasteiger partial charge in [0.05, 0.1) is 16.9 Å². The monoisotopic (exact) mass is 775 g/mol. The number of carbonyl (C=O) groups is 4. The minimum atomic E-state index is -1.17. The Bertz CT molecular complexity index is 1840. The molecule has 0 aliphatic heterocycles. The van der Waals surface area contributed by atoms with Gasteiger partial charge in [0.15, 0.2) is 11.6 Å². The Hall–Kier alpha value is -3.07. The Balaban J connectivity index is 1.14. The van der Waals surface area contributed by atoms with Gasteiger partial charge in [0.25, 0.3) is 0 Å². The number of halogens is 1. The summed E-state index contributed by atoms with van der Waals surface area (Å²) in [5.41, 5.74) is 0.700. The Labute approximate surface area is 332 Å². The van der Waals surface area contributed by atoms with E-state index in [0.717, 1.165) is 69.8 Å². The molecule has 55 heavy (non-hydrogen) atoms. The molecule has 1 aromatic rings. The van der Waals surface area contributed by atoms with Crippen LogP contribution in [0.2, 0.25) is 5.02 Å². The van der Waals surface area contributed by atoms with Crippen LogP contribution < -0.4 is 5.32 Å². The number of aromatic nitrogens is 2. The quantitative estimate of drug-likeness (QED) is 0.187. The zero-order valence-electron chi connectivity index (χ0n) is 34.4. The van der Waals surface area contributed by atoms with E-state index in [4.69, 9.17) is 16.3 Å². The van der Waals surface area contributed by atoms with Gasteiger partial charge >= 0.3 is 11.9 Å². The molecule has 0 aromatic carbocycles. The molecule has 8 atom stereocenters. The maximum Gasteiger partial charge on any atom is 0.309 e. The third kappa shape index (κ3) is 6.50. The largest absolute Gasteiger partial charge is 0.481 e. The van der Waals surface area contributed by atoms with Crippen molar-refractivity contribution in [2.24, 2.45) is 56.7 Å². The molecule has 300 valence electrons. The van der Waals surface area contributed by atoms with Crippen LogP contribution in [0.15, 0.2) is 35.2 Å². The van der Waals surface area contributed by atoms with Gasteiger partial charge in [-0.15, -0.1) is 0 Å². The number of nitrogens with one attached hydrogen (secondary N) is 1. The van der Waals surface area contributed by atoms with Crippen molar-refractivity contribution in [1.29, 1.82) is 0 Å². The van der Waals surface area contributed by atoms with E-state index >= 15 is 0 Å². The number of amides is 1. The average Bonchev–Trinajstić information content (AvgIpc) is 3.80. The molecule has 1 aromatic heterocycles. The number of ketones is 1. The molecule has 6 aliphatic carbocycles. The van der Waals surface area contributed by atoms with Crippen molar-refractivity contribution in [3.8, 4) is 0 Å². The van der Waals surface area contributed by atoms with Crippen LogP contribution in [0, 0.1) is 56.7 Å². The van der Waals surface area contributed by atoms with Gasteiger partial charge in [-0.2, -0.15) is 0 Å². The Morgan fingerprint density at radius 2 is 1.62 bits per heavy atom. The number of Topliss-reactive ketones (excluding diaryl/α,β-unsaturated/α-hetero) is 1. The second-order valence-corrected chi connectivity index (χ2v) is 21.0.